The van der Waals surface area contributed by atoms with Crippen molar-refractivity contribution in [3.63, 3.8) is 0 Å². The van der Waals surface area contributed by atoms with E-state index in [9.17, 15) is 28.8 Å². The number of benzene rings is 1. The van der Waals surface area contributed by atoms with E-state index in [2.05, 4.69) is 28.8 Å². The van der Waals surface area contributed by atoms with E-state index in [1.807, 2.05) is 19.1 Å². The van der Waals surface area contributed by atoms with Crippen LogP contribution in [0, 0.1) is 5.41 Å². The maximum absolute atomic E-state index is 13.0. The number of nitrogens with zero attached hydrogens (tertiary/aromatic N) is 5. The number of pyridine rings is 2. The largest absolute Gasteiger partial charge is 0.659 e. The predicted molar refractivity (Wildman–Crippen MR) is 204 cm³/mol. The van der Waals surface area contributed by atoms with E-state index in [0.717, 1.165) is 34.1 Å². The quantitative estimate of drug-likeness (QED) is 0.0674. The Morgan fingerprint density at radius 2 is 1.44 bits per heavy atom. The molecule has 18 heteroatoms. The molecule has 307 valence electrons. The molecule has 3 aliphatic heterocycles. The van der Waals surface area contributed by atoms with Gasteiger partial charge in [-0.3, -0.25) is 24.0 Å². The minimum absolute atomic E-state index is 0. The molecule has 4 N–H and O–H groups in total. The standard InChI is InChI=1S/C20H18N2O6.C15H22N3O6.C4H10.Y/c1-2-3-11-8-17-18-13(6-12-7-14(28-26)4-5-16(12)21-18)9-22(17)19(23)15(11)10-27-20(24)25;19-11(1-2-12(20)18-9-5-16-6-10-18)17-7-3-15(4-8-17,13(21)22)14(23)24;1-3-4-2;/h4-8,26H,2-3,9-10H2,1H3,(H,24,25);1-10H2,(H,21,22)(H,23,24);3-4H2,1-2H3;/q;-1;;. The second kappa shape index (κ2) is 21.9. The van der Waals surface area contributed by atoms with Crippen molar-refractivity contribution in [2.75, 3.05) is 39.3 Å². The monoisotopic (exact) mass is 869 g/mol. The zero-order chi connectivity index (χ0) is 41.0. The Labute approximate surface area is 355 Å². The number of rotatable bonds is 11. The third-order valence-electron chi connectivity index (χ3n) is 10.1. The Morgan fingerprint density at radius 1 is 0.842 bits per heavy atom. The number of hydrogen-bond acceptors (Lipinski definition) is 10. The zero-order valence-electron chi connectivity index (χ0n) is 32.6. The number of piperazine rings is 1. The predicted octanol–water partition coefficient (Wildman–Crippen LogP) is 4.99. The van der Waals surface area contributed by atoms with Crippen LogP contribution in [-0.2, 0) is 76.2 Å². The van der Waals surface area contributed by atoms with Gasteiger partial charge in [0.2, 0.25) is 11.8 Å². The van der Waals surface area contributed by atoms with Crippen molar-refractivity contribution in [1.29, 1.82) is 0 Å². The summed E-state index contributed by atoms with van der Waals surface area (Å²) in [5.41, 5.74) is 2.10. The third kappa shape index (κ3) is 11.6. The van der Waals surface area contributed by atoms with Crippen molar-refractivity contribution in [1.82, 2.24) is 19.4 Å². The van der Waals surface area contributed by atoms with E-state index in [1.165, 1.54) is 17.7 Å². The Hall–Kier alpha value is -4.45. The van der Waals surface area contributed by atoms with E-state index in [-0.39, 0.29) is 95.5 Å². The smallest absolute Gasteiger partial charge is 0.506 e. The van der Waals surface area contributed by atoms with Crippen molar-refractivity contribution in [3.05, 3.63) is 62.7 Å². The Balaban J connectivity index is 0.000000278. The third-order valence-corrected chi connectivity index (χ3v) is 10.1. The molecule has 17 nitrogen and oxygen atoms in total. The minimum Gasteiger partial charge on any atom is -0.659 e. The summed E-state index contributed by atoms with van der Waals surface area (Å²) in [7, 11) is 0. The molecule has 2 saturated heterocycles. The number of ether oxygens (including phenoxy) is 1. The number of carbonyl (C=O) groups excluding carboxylic acids is 2. The summed E-state index contributed by atoms with van der Waals surface area (Å²) in [6.45, 7) is 8.98. The van der Waals surface area contributed by atoms with Gasteiger partial charge in [-0.25, -0.2) is 15.0 Å². The fourth-order valence-electron chi connectivity index (χ4n) is 6.68. The summed E-state index contributed by atoms with van der Waals surface area (Å²) in [6.07, 6.45) is 2.60. The van der Waals surface area contributed by atoms with Crippen LogP contribution in [0.2, 0.25) is 0 Å². The van der Waals surface area contributed by atoms with Gasteiger partial charge >= 0.3 is 18.1 Å². The zero-order valence-corrected chi connectivity index (χ0v) is 35.4. The molecule has 57 heavy (non-hydrogen) atoms. The van der Waals surface area contributed by atoms with Crippen LogP contribution in [-0.4, -0.2) is 109 Å². The number of likely N-dealkylation sites (tertiary alicyclic amines) is 1. The molecule has 2 aromatic heterocycles. The van der Waals surface area contributed by atoms with Crippen LogP contribution >= 0.6 is 0 Å². The van der Waals surface area contributed by atoms with Gasteiger partial charge in [-0.15, -0.1) is 13.1 Å². The van der Waals surface area contributed by atoms with Gasteiger partial charge in [0.25, 0.3) is 5.56 Å². The van der Waals surface area contributed by atoms with Gasteiger partial charge in [0.15, 0.2) is 11.2 Å². The molecule has 0 saturated carbocycles. The molecular weight excluding hydrogens is 819 g/mol. The van der Waals surface area contributed by atoms with E-state index in [1.54, 1.807) is 27.7 Å². The summed E-state index contributed by atoms with van der Waals surface area (Å²) in [5.74, 6) is -2.75. The molecule has 2 fully saturated rings. The first-order valence-electron chi connectivity index (χ1n) is 18.8. The van der Waals surface area contributed by atoms with Crippen molar-refractivity contribution >= 4 is 40.8 Å². The van der Waals surface area contributed by atoms with Gasteiger partial charge in [0.05, 0.1) is 29.0 Å². The van der Waals surface area contributed by atoms with Crippen LogP contribution in [0.15, 0.2) is 35.1 Å². The normalized spacial score (nSPS) is 15.0. The molecule has 3 aromatic rings. The summed E-state index contributed by atoms with van der Waals surface area (Å²) < 4.78 is 6.27. The number of aryl methyl sites for hydroxylation is 1. The van der Waals surface area contributed by atoms with Crippen molar-refractivity contribution in [2.45, 2.75) is 85.3 Å². The number of carboxylic acid groups (broad SMARTS) is 3. The average Bonchev–Trinajstić information content (AvgIpc) is 3.56. The number of hydrogen-bond donors (Lipinski definition) is 4. The molecule has 0 aliphatic carbocycles. The molecule has 3 aliphatic rings. The van der Waals surface area contributed by atoms with Crippen molar-refractivity contribution in [2.24, 2.45) is 5.41 Å². The molecule has 5 heterocycles. The second-order valence-electron chi connectivity index (χ2n) is 13.8. The van der Waals surface area contributed by atoms with Crippen LogP contribution in [0.5, 0.6) is 5.75 Å². The number of piperidine rings is 1. The van der Waals surface area contributed by atoms with Crippen molar-refractivity contribution in [3.8, 4) is 17.1 Å². The summed E-state index contributed by atoms with van der Waals surface area (Å²) >= 11 is 0. The Bertz CT molecular complexity index is 1950. The number of aromatic nitrogens is 2. The molecule has 0 atom stereocenters. The van der Waals surface area contributed by atoms with Gasteiger partial charge in [-0.1, -0.05) is 40.0 Å². The van der Waals surface area contributed by atoms with Gasteiger partial charge in [-0.2, -0.15) is 0 Å². The molecule has 2 amide bonds. The van der Waals surface area contributed by atoms with E-state index < -0.39 is 23.5 Å². The average molecular weight is 870 g/mol. The van der Waals surface area contributed by atoms with Gasteiger partial charge in [0, 0.05) is 82.7 Å². The van der Waals surface area contributed by atoms with E-state index in [4.69, 9.17) is 25.6 Å². The van der Waals surface area contributed by atoms with E-state index in [0.29, 0.717) is 56.2 Å². The first kappa shape index (κ1) is 46.9. The second-order valence-corrected chi connectivity index (χ2v) is 13.8. The SMILES string of the molecule is CCCC.CCCc1cc2n(c(=O)c1COC(=O)O)Cc1cc3cc(OO)ccc3nc1-2.O=C(CCC(=O)N1CCC(C(=O)O)(C(=O)O)CC1)N1CC[N-]CC1.[Y]. The first-order valence-corrected chi connectivity index (χ1v) is 18.8. The molecule has 6 rings (SSSR count). The van der Waals surface area contributed by atoms with Crippen LogP contribution in [0.25, 0.3) is 27.6 Å². The number of carboxylic acids is 2. The number of aliphatic carboxylic acids is 2. The summed E-state index contributed by atoms with van der Waals surface area (Å²) in [6, 6.07) is 8.84. The fourth-order valence-corrected chi connectivity index (χ4v) is 6.68. The maximum Gasteiger partial charge on any atom is 0.506 e. The first-order chi connectivity index (χ1) is 26.8. The van der Waals surface area contributed by atoms with Crippen molar-refractivity contribution < 1.29 is 86.9 Å². The molecule has 0 bridgehead atoms. The van der Waals surface area contributed by atoms with Gasteiger partial charge in [0.1, 0.15) is 6.61 Å². The van der Waals surface area contributed by atoms with Crippen LogP contribution in [0.4, 0.5) is 4.79 Å². The number of carbonyl (C=O) groups is 5. The van der Waals surface area contributed by atoms with Crippen LogP contribution in [0.1, 0.15) is 82.4 Å². The number of unbranched alkanes of at least 4 members (excludes halogenated alkanes) is 1. The van der Waals surface area contributed by atoms with E-state index >= 15 is 0 Å². The van der Waals surface area contributed by atoms with Gasteiger partial charge in [-0.05, 0) is 55.2 Å². The molecule has 1 radical (unpaired) electrons. The maximum atomic E-state index is 13.0. The molecule has 1 aromatic carbocycles. The Kier molecular flexibility index (Phi) is 18.0. The Morgan fingerprint density at radius 3 is 1.96 bits per heavy atom. The summed E-state index contributed by atoms with van der Waals surface area (Å²) in [4.78, 5) is 82.6. The molecule has 0 spiro atoms. The topological polar surface area (TPSA) is 240 Å². The molecular formula is C39H50N5O12Y-. The minimum atomic E-state index is -1.82. The number of fused-ring (bicyclic) bond motifs is 4. The summed E-state index contributed by atoms with van der Waals surface area (Å²) in [5, 5.41) is 40.9. The molecule has 0 unspecified atom stereocenters. The fraction of sp³-hybridized carbons (Fsp3) is 0.513. The van der Waals surface area contributed by atoms with Crippen LogP contribution in [0.3, 0.4) is 0 Å². The van der Waals surface area contributed by atoms with Gasteiger partial charge < -0.3 is 44.6 Å². The number of amides is 2. The van der Waals surface area contributed by atoms with Crippen LogP contribution < -0.4 is 10.4 Å².